The standard InChI is InChI=1S/C11H11ClN4/c1-7-6-14-11(13)16-10(7)15-9-4-2-8(12)3-5-9/h2-6H,1H3,(H3,13,14,15,16). The summed E-state index contributed by atoms with van der Waals surface area (Å²) in [6, 6.07) is 7.37. The first-order valence-corrected chi connectivity index (χ1v) is 5.14. The number of anilines is 3. The Morgan fingerprint density at radius 1 is 1.25 bits per heavy atom. The SMILES string of the molecule is Cc1cnc(N)nc1Nc1ccc(Cl)cc1. The lowest BCUT2D eigenvalue weighted by Gasteiger charge is -2.08. The van der Waals surface area contributed by atoms with E-state index in [2.05, 4.69) is 15.3 Å². The second-order valence-electron chi connectivity index (χ2n) is 3.39. The van der Waals surface area contributed by atoms with Crippen molar-refractivity contribution in [2.45, 2.75) is 6.92 Å². The van der Waals surface area contributed by atoms with Gasteiger partial charge in [0.25, 0.3) is 0 Å². The summed E-state index contributed by atoms with van der Waals surface area (Å²) in [5, 5.41) is 3.85. The zero-order valence-corrected chi connectivity index (χ0v) is 9.49. The summed E-state index contributed by atoms with van der Waals surface area (Å²) in [4.78, 5) is 8.01. The topological polar surface area (TPSA) is 63.8 Å². The zero-order valence-electron chi connectivity index (χ0n) is 8.74. The minimum absolute atomic E-state index is 0.252. The second kappa shape index (κ2) is 4.37. The van der Waals surface area contributed by atoms with Crippen LogP contribution in [0.1, 0.15) is 5.56 Å². The Morgan fingerprint density at radius 2 is 1.94 bits per heavy atom. The number of nitrogens with zero attached hydrogens (tertiary/aromatic N) is 2. The smallest absolute Gasteiger partial charge is 0.221 e. The van der Waals surface area contributed by atoms with E-state index in [1.807, 2.05) is 31.2 Å². The minimum Gasteiger partial charge on any atom is -0.368 e. The molecule has 0 unspecified atom stereocenters. The first kappa shape index (κ1) is 10.7. The van der Waals surface area contributed by atoms with Crippen molar-refractivity contribution < 1.29 is 0 Å². The highest BCUT2D eigenvalue weighted by Gasteiger charge is 2.02. The van der Waals surface area contributed by atoms with Crippen molar-refractivity contribution in [3.63, 3.8) is 0 Å². The molecule has 82 valence electrons. The van der Waals surface area contributed by atoms with Gasteiger partial charge < -0.3 is 11.1 Å². The Balaban J connectivity index is 2.26. The van der Waals surface area contributed by atoms with E-state index in [0.29, 0.717) is 10.8 Å². The van der Waals surface area contributed by atoms with Gasteiger partial charge in [-0.15, -0.1) is 0 Å². The third-order valence-corrected chi connectivity index (χ3v) is 2.35. The molecule has 0 aliphatic rings. The van der Waals surface area contributed by atoms with Crippen LogP contribution in [0.2, 0.25) is 5.02 Å². The van der Waals surface area contributed by atoms with Crippen LogP contribution in [0.5, 0.6) is 0 Å². The monoisotopic (exact) mass is 234 g/mol. The molecule has 0 amide bonds. The number of hydrogen-bond donors (Lipinski definition) is 2. The van der Waals surface area contributed by atoms with E-state index < -0.39 is 0 Å². The van der Waals surface area contributed by atoms with Gasteiger partial charge in [-0.2, -0.15) is 4.98 Å². The summed E-state index contributed by atoms with van der Waals surface area (Å²) in [7, 11) is 0. The highest BCUT2D eigenvalue weighted by molar-refractivity contribution is 6.30. The van der Waals surface area contributed by atoms with Crippen molar-refractivity contribution in [3.05, 3.63) is 41.0 Å². The van der Waals surface area contributed by atoms with Crippen LogP contribution in [0.4, 0.5) is 17.5 Å². The predicted octanol–water partition coefficient (Wildman–Crippen LogP) is 2.76. The first-order chi connectivity index (χ1) is 7.65. The van der Waals surface area contributed by atoms with Gasteiger partial charge in [-0.05, 0) is 31.2 Å². The normalized spacial score (nSPS) is 10.1. The van der Waals surface area contributed by atoms with Crippen LogP contribution < -0.4 is 11.1 Å². The molecule has 2 rings (SSSR count). The summed E-state index contributed by atoms with van der Waals surface area (Å²) < 4.78 is 0. The van der Waals surface area contributed by atoms with Gasteiger partial charge in [-0.1, -0.05) is 11.6 Å². The number of aryl methyl sites for hydroxylation is 1. The fourth-order valence-corrected chi connectivity index (χ4v) is 1.38. The number of halogens is 1. The maximum Gasteiger partial charge on any atom is 0.221 e. The van der Waals surface area contributed by atoms with Crippen LogP contribution in [-0.2, 0) is 0 Å². The third kappa shape index (κ3) is 2.41. The molecule has 16 heavy (non-hydrogen) atoms. The Morgan fingerprint density at radius 3 is 2.62 bits per heavy atom. The lowest BCUT2D eigenvalue weighted by molar-refractivity contribution is 1.15. The summed E-state index contributed by atoms with van der Waals surface area (Å²) in [6.07, 6.45) is 1.68. The molecule has 0 fully saturated rings. The van der Waals surface area contributed by atoms with Crippen molar-refractivity contribution in [2.24, 2.45) is 0 Å². The molecule has 5 heteroatoms. The number of rotatable bonds is 2. The van der Waals surface area contributed by atoms with Crippen LogP contribution in [0.3, 0.4) is 0 Å². The van der Waals surface area contributed by atoms with Crippen LogP contribution in [0, 0.1) is 6.92 Å². The number of nitrogen functional groups attached to an aromatic ring is 1. The summed E-state index contributed by atoms with van der Waals surface area (Å²) in [5.41, 5.74) is 7.36. The molecular formula is C11H11ClN4. The number of benzene rings is 1. The molecule has 0 atom stereocenters. The Labute approximate surface area is 98.5 Å². The van der Waals surface area contributed by atoms with Crippen LogP contribution in [0.25, 0.3) is 0 Å². The highest BCUT2D eigenvalue weighted by Crippen LogP contribution is 2.19. The first-order valence-electron chi connectivity index (χ1n) is 4.77. The molecule has 2 aromatic rings. The Bertz CT molecular complexity index is 496. The summed E-state index contributed by atoms with van der Waals surface area (Å²) in [6.45, 7) is 1.91. The van der Waals surface area contributed by atoms with Gasteiger partial charge in [-0.3, -0.25) is 0 Å². The van der Waals surface area contributed by atoms with Gasteiger partial charge >= 0.3 is 0 Å². The quantitative estimate of drug-likeness (QED) is 0.839. The van der Waals surface area contributed by atoms with E-state index in [1.54, 1.807) is 6.20 Å². The molecule has 0 saturated heterocycles. The molecule has 3 N–H and O–H groups in total. The Hall–Kier alpha value is -1.81. The van der Waals surface area contributed by atoms with Gasteiger partial charge in [-0.25, -0.2) is 4.98 Å². The van der Waals surface area contributed by atoms with Crippen molar-refractivity contribution in [1.29, 1.82) is 0 Å². The van der Waals surface area contributed by atoms with Crippen molar-refractivity contribution in [3.8, 4) is 0 Å². The van der Waals surface area contributed by atoms with E-state index in [0.717, 1.165) is 11.3 Å². The molecule has 0 spiro atoms. The second-order valence-corrected chi connectivity index (χ2v) is 3.83. The number of hydrogen-bond acceptors (Lipinski definition) is 4. The average Bonchev–Trinajstić information content (AvgIpc) is 2.27. The van der Waals surface area contributed by atoms with E-state index >= 15 is 0 Å². The summed E-state index contributed by atoms with van der Waals surface area (Å²) in [5.74, 6) is 0.955. The molecule has 4 nitrogen and oxygen atoms in total. The van der Waals surface area contributed by atoms with Gasteiger partial charge in [0.05, 0.1) is 0 Å². The molecular weight excluding hydrogens is 224 g/mol. The molecule has 1 aromatic heterocycles. The molecule has 0 radical (unpaired) electrons. The van der Waals surface area contributed by atoms with E-state index in [9.17, 15) is 0 Å². The van der Waals surface area contributed by atoms with Gasteiger partial charge in [0.2, 0.25) is 5.95 Å². The lowest BCUT2D eigenvalue weighted by atomic mass is 10.3. The number of aromatic nitrogens is 2. The number of nitrogens with one attached hydrogen (secondary N) is 1. The van der Waals surface area contributed by atoms with Crippen molar-refractivity contribution in [2.75, 3.05) is 11.1 Å². The zero-order chi connectivity index (χ0) is 11.5. The van der Waals surface area contributed by atoms with Gasteiger partial charge in [0.15, 0.2) is 0 Å². The van der Waals surface area contributed by atoms with Crippen molar-refractivity contribution in [1.82, 2.24) is 9.97 Å². The largest absolute Gasteiger partial charge is 0.368 e. The lowest BCUT2D eigenvalue weighted by Crippen LogP contribution is -2.01. The van der Waals surface area contributed by atoms with E-state index in [-0.39, 0.29) is 5.95 Å². The van der Waals surface area contributed by atoms with Crippen LogP contribution >= 0.6 is 11.6 Å². The fraction of sp³-hybridized carbons (Fsp3) is 0.0909. The van der Waals surface area contributed by atoms with Gasteiger partial charge in [0.1, 0.15) is 5.82 Å². The van der Waals surface area contributed by atoms with Gasteiger partial charge in [0, 0.05) is 22.5 Å². The maximum absolute atomic E-state index is 5.80. The molecule has 0 aliphatic heterocycles. The molecule has 0 saturated carbocycles. The van der Waals surface area contributed by atoms with E-state index in [4.69, 9.17) is 17.3 Å². The third-order valence-electron chi connectivity index (χ3n) is 2.10. The van der Waals surface area contributed by atoms with E-state index in [1.165, 1.54) is 0 Å². The maximum atomic E-state index is 5.80. The van der Waals surface area contributed by atoms with Crippen molar-refractivity contribution >= 4 is 29.1 Å². The average molecular weight is 235 g/mol. The van der Waals surface area contributed by atoms with Crippen LogP contribution in [-0.4, -0.2) is 9.97 Å². The van der Waals surface area contributed by atoms with Crippen LogP contribution in [0.15, 0.2) is 30.5 Å². The molecule has 1 heterocycles. The highest BCUT2D eigenvalue weighted by atomic mass is 35.5. The molecule has 0 aliphatic carbocycles. The minimum atomic E-state index is 0.252. The Kier molecular flexibility index (Phi) is 2.92. The molecule has 1 aromatic carbocycles. The fourth-order valence-electron chi connectivity index (χ4n) is 1.25. The predicted molar refractivity (Wildman–Crippen MR) is 65.9 cm³/mol. The summed E-state index contributed by atoms with van der Waals surface area (Å²) >= 11 is 5.80. The molecule has 0 bridgehead atoms. The number of nitrogens with two attached hydrogens (primary N) is 1.